The Kier molecular flexibility index (Phi) is 2.61. The largest absolute Gasteiger partial charge is 0.378 e. The predicted molar refractivity (Wildman–Crippen MR) is 53.5 cm³/mol. The van der Waals surface area contributed by atoms with Gasteiger partial charge in [0.1, 0.15) is 0 Å². The van der Waals surface area contributed by atoms with Crippen molar-refractivity contribution in [1.82, 2.24) is 0 Å². The lowest BCUT2D eigenvalue weighted by Crippen LogP contribution is -2.41. The summed E-state index contributed by atoms with van der Waals surface area (Å²) in [7, 11) is 0. The molecule has 2 nitrogen and oxygen atoms in total. The van der Waals surface area contributed by atoms with Gasteiger partial charge in [0.15, 0.2) is 0 Å². The molecule has 2 N–H and O–H groups in total. The topological polar surface area (TPSA) is 35.2 Å². The molecule has 0 amide bonds. The molecule has 0 spiro atoms. The highest BCUT2D eigenvalue weighted by atomic mass is 16.5. The number of nitrogens with two attached hydrogens (primary N) is 1. The van der Waals surface area contributed by atoms with Crippen molar-refractivity contribution in [2.45, 2.75) is 57.1 Å². The maximum absolute atomic E-state index is 6.05. The Labute approximate surface area is 80.8 Å². The fourth-order valence-corrected chi connectivity index (χ4v) is 1.97. The average Bonchev–Trinajstić information content (AvgIpc) is 2.86. The average molecular weight is 183 g/mol. The summed E-state index contributed by atoms with van der Waals surface area (Å²) < 4.78 is 5.84. The van der Waals surface area contributed by atoms with Crippen molar-refractivity contribution in [3.05, 3.63) is 0 Å². The Bertz CT molecular complexity index is 162. The Morgan fingerprint density at radius 3 is 2.38 bits per heavy atom. The van der Waals surface area contributed by atoms with Crippen LogP contribution in [-0.4, -0.2) is 18.2 Å². The lowest BCUT2D eigenvalue weighted by Gasteiger charge is -2.34. The van der Waals surface area contributed by atoms with Crippen LogP contribution in [0.5, 0.6) is 0 Å². The van der Waals surface area contributed by atoms with Gasteiger partial charge in [-0.3, -0.25) is 0 Å². The summed E-state index contributed by atoms with van der Waals surface area (Å²) >= 11 is 0. The first-order chi connectivity index (χ1) is 6.16. The van der Waals surface area contributed by atoms with Crippen LogP contribution in [0, 0.1) is 5.92 Å². The third-order valence-corrected chi connectivity index (χ3v) is 3.34. The minimum absolute atomic E-state index is 0.0828. The normalized spacial score (nSPS) is 40.6. The van der Waals surface area contributed by atoms with Gasteiger partial charge in [-0.05, 0) is 51.4 Å². The van der Waals surface area contributed by atoms with Crippen molar-refractivity contribution in [2.75, 3.05) is 6.61 Å². The van der Waals surface area contributed by atoms with Gasteiger partial charge in [0.25, 0.3) is 0 Å². The van der Waals surface area contributed by atoms with Crippen molar-refractivity contribution in [3.63, 3.8) is 0 Å². The fraction of sp³-hybridized carbons (Fsp3) is 1.00. The molecule has 0 bridgehead atoms. The molecule has 2 aliphatic rings. The van der Waals surface area contributed by atoms with E-state index < -0.39 is 0 Å². The zero-order chi connectivity index (χ0) is 9.31. The third kappa shape index (κ3) is 2.96. The van der Waals surface area contributed by atoms with Gasteiger partial charge in [0, 0.05) is 12.1 Å². The SMILES string of the molecule is C[C@]1(N)CC[C@H](OCC2CC2)CC1. The first kappa shape index (κ1) is 9.47. The van der Waals surface area contributed by atoms with Gasteiger partial charge < -0.3 is 10.5 Å². The summed E-state index contributed by atoms with van der Waals surface area (Å²) in [6, 6.07) is 0. The number of rotatable bonds is 3. The Hall–Kier alpha value is -0.0800. The third-order valence-electron chi connectivity index (χ3n) is 3.34. The van der Waals surface area contributed by atoms with Crippen molar-refractivity contribution < 1.29 is 4.74 Å². The zero-order valence-corrected chi connectivity index (χ0v) is 8.59. The molecule has 2 fully saturated rings. The molecule has 0 aromatic heterocycles. The zero-order valence-electron chi connectivity index (χ0n) is 8.59. The van der Waals surface area contributed by atoms with Gasteiger partial charge in [-0.15, -0.1) is 0 Å². The number of hydrogen-bond acceptors (Lipinski definition) is 2. The first-order valence-electron chi connectivity index (χ1n) is 5.56. The highest BCUT2D eigenvalue weighted by Gasteiger charge is 2.29. The van der Waals surface area contributed by atoms with Crippen molar-refractivity contribution in [1.29, 1.82) is 0 Å². The van der Waals surface area contributed by atoms with E-state index in [0.29, 0.717) is 6.10 Å². The van der Waals surface area contributed by atoms with Crippen LogP contribution in [0.25, 0.3) is 0 Å². The van der Waals surface area contributed by atoms with E-state index in [1.165, 1.54) is 25.7 Å². The van der Waals surface area contributed by atoms with Crippen LogP contribution in [0.3, 0.4) is 0 Å². The molecule has 2 aliphatic carbocycles. The number of hydrogen-bond donors (Lipinski definition) is 1. The fourth-order valence-electron chi connectivity index (χ4n) is 1.97. The summed E-state index contributed by atoms with van der Waals surface area (Å²) in [4.78, 5) is 0. The van der Waals surface area contributed by atoms with E-state index in [-0.39, 0.29) is 5.54 Å². The van der Waals surface area contributed by atoms with Crippen LogP contribution < -0.4 is 5.73 Å². The lowest BCUT2D eigenvalue weighted by molar-refractivity contribution is 0.00995. The van der Waals surface area contributed by atoms with Crippen LogP contribution >= 0.6 is 0 Å². The quantitative estimate of drug-likeness (QED) is 0.727. The Morgan fingerprint density at radius 2 is 1.85 bits per heavy atom. The van der Waals surface area contributed by atoms with Crippen molar-refractivity contribution >= 4 is 0 Å². The molecule has 0 saturated heterocycles. The second-order valence-corrected chi connectivity index (χ2v) is 5.13. The first-order valence-corrected chi connectivity index (χ1v) is 5.56. The highest BCUT2D eigenvalue weighted by Crippen LogP contribution is 2.32. The highest BCUT2D eigenvalue weighted by molar-refractivity contribution is 4.86. The Balaban J connectivity index is 1.65. The van der Waals surface area contributed by atoms with Crippen LogP contribution in [0.15, 0.2) is 0 Å². The standard InChI is InChI=1S/C11H21NO/c1-11(12)6-4-10(5-7-11)13-8-9-2-3-9/h9-10H,2-8,12H2,1H3/t10-,11-. The maximum atomic E-state index is 6.05. The molecule has 76 valence electrons. The molecular formula is C11H21NO. The van der Waals surface area contributed by atoms with Gasteiger partial charge in [-0.25, -0.2) is 0 Å². The minimum Gasteiger partial charge on any atom is -0.378 e. The molecule has 0 atom stereocenters. The summed E-state index contributed by atoms with van der Waals surface area (Å²) in [6.07, 6.45) is 7.88. The van der Waals surface area contributed by atoms with Crippen LogP contribution in [0.2, 0.25) is 0 Å². The summed E-state index contributed by atoms with van der Waals surface area (Å²) in [5.74, 6) is 0.895. The van der Waals surface area contributed by atoms with E-state index in [2.05, 4.69) is 6.92 Å². The summed E-state index contributed by atoms with van der Waals surface area (Å²) in [5, 5.41) is 0. The van der Waals surface area contributed by atoms with Gasteiger partial charge in [-0.1, -0.05) is 0 Å². The van der Waals surface area contributed by atoms with Crippen LogP contribution in [0.4, 0.5) is 0 Å². The molecule has 2 heteroatoms. The Morgan fingerprint density at radius 1 is 1.23 bits per heavy atom. The van der Waals surface area contributed by atoms with E-state index in [1.54, 1.807) is 0 Å². The van der Waals surface area contributed by atoms with Crippen LogP contribution in [0.1, 0.15) is 45.4 Å². The molecule has 2 saturated carbocycles. The molecule has 13 heavy (non-hydrogen) atoms. The molecule has 0 radical (unpaired) electrons. The van der Waals surface area contributed by atoms with Gasteiger partial charge >= 0.3 is 0 Å². The molecule has 0 aliphatic heterocycles. The molecule has 0 aromatic carbocycles. The van der Waals surface area contributed by atoms with E-state index in [1.807, 2.05) is 0 Å². The molecule has 0 unspecified atom stereocenters. The smallest absolute Gasteiger partial charge is 0.0576 e. The minimum atomic E-state index is 0.0828. The molecule has 2 rings (SSSR count). The second-order valence-electron chi connectivity index (χ2n) is 5.13. The van der Waals surface area contributed by atoms with Gasteiger partial charge in [0.05, 0.1) is 6.10 Å². The summed E-state index contributed by atoms with van der Waals surface area (Å²) in [6.45, 7) is 3.16. The van der Waals surface area contributed by atoms with Crippen LogP contribution in [-0.2, 0) is 4.74 Å². The maximum Gasteiger partial charge on any atom is 0.0576 e. The van der Waals surface area contributed by atoms with Crippen molar-refractivity contribution in [2.24, 2.45) is 11.7 Å². The lowest BCUT2D eigenvalue weighted by atomic mass is 9.83. The van der Waals surface area contributed by atoms with E-state index in [0.717, 1.165) is 25.4 Å². The second kappa shape index (κ2) is 3.58. The van der Waals surface area contributed by atoms with Gasteiger partial charge in [-0.2, -0.15) is 0 Å². The number of ether oxygens (including phenoxy) is 1. The molecule has 0 heterocycles. The molecular weight excluding hydrogens is 162 g/mol. The predicted octanol–water partition coefficient (Wildman–Crippen LogP) is 2.07. The van der Waals surface area contributed by atoms with Crippen molar-refractivity contribution in [3.8, 4) is 0 Å². The van der Waals surface area contributed by atoms with Gasteiger partial charge in [0.2, 0.25) is 0 Å². The van der Waals surface area contributed by atoms with E-state index in [4.69, 9.17) is 10.5 Å². The van der Waals surface area contributed by atoms with E-state index >= 15 is 0 Å². The molecule has 0 aromatic rings. The monoisotopic (exact) mass is 183 g/mol. The van der Waals surface area contributed by atoms with E-state index in [9.17, 15) is 0 Å². The summed E-state index contributed by atoms with van der Waals surface area (Å²) in [5.41, 5.74) is 6.14.